The zero-order valence-corrected chi connectivity index (χ0v) is 14.4. The zero-order valence-electron chi connectivity index (χ0n) is 12.9. The second-order valence-electron chi connectivity index (χ2n) is 5.93. The number of rotatable bonds is 2. The van der Waals surface area contributed by atoms with Gasteiger partial charge in [0.05, 0.1) is 0 Å². The van der Waals surface area contributed by atoms with Crippen LogP contribution in [0.15, 0.2) is 24.3 Å². The number of hydrazine groups is 1. The fourth-order valence-corrected chi connectivity index (χ4v) is 3.11. The molecule has 0 aromatic heterocycles. The first kappa shape index (κ1) is 17.0. The fourth-order valence-electron chi connectivity index (χ4n) is 2.78. The molecule has 1 saturated carbocycles. The molecule has 4 nitrogen and oxygen atoms in total. The molecule has 0 aliphatic heterocycles. The highest BCUT2D eigenvalue weighted by molar-refractivity contribution is 7.80. The molecule has 0 radical (unpaired) electrons. The van der Waals surface area contributed by atoms with E-state index in [0.717, 1.165) is 6.42 Å². The molecule has 1 aliphatic carbocycles. The Balaban J connectivity index is 1.80. The molecule has 1 aliphatic rings. The van der Waals surface area contributed by atoms with E-state index in [9.17, 15) is 4.79 Å². The molecule has 2 rings (SSSR count). The van der Waals surface area contributed by atoms with Gasteiger partial charge in [-0.2, -0.15) is 0 Å². The summed E-state index contributed by atoms with van der Waals surface area (Å²) in [5.41, 5.74) is 5.89. The van der Waals surface area contributed by atoms with Crippen molar-refractivity contribution in [3.05, 3.63) is 34.9 Å². The van der Waals surface area contributed by atoms with Crippen molar-refractivity contribution in [3.63, 3.8) is 0 Å². The fraction of sp³-hybridized carbons (Fsp3) is 0.500. The van der Waals surface area contributed by atoms with Gasteiger partial charge in [0.15, 0.2) is 5.11 Å². The van der Waals surface area contributed by atoms with Gasteiger partial charge in [-0.1, -0.05) is 38.3 Å². The molecule has 3 atom stereocenters. The van der Waals surface area contributed by atoms with E-state index in [1.165, 1.54) is 12.8 Å². The van der Waals surface area contributed by atoms with Gasteiger partial charge in [0, 0.05) is 16.6 Å². The first-order valence-corrected chi connectivity index (χ1v) is 8.38. The molecule has 0 heterocycles. The second kappa shape index (κ2) is 7.79. The number of hydrogen-bond donors (Lipinski definition) is 3. The van der Waals surface area contributed by atoms with E-state index in [1.807, 2.05) is 0 Å². The topological polar surface area (TPSA) is 53.2 Å². The molecule has 0 unspecified atom stereocenters. The zero-order chi connectivity index (χ0) is 16.1. The van der Waals surface area contributed by atoms with Crippen molar-refractivity contribution in [2.75, 3.05) is 0 Å². The lowest BCUT2D eigenvalue weighted by Crippen LogP contribution is -2.52. The van der Waals surface area contributed by atoms with Gasteiger partial charge in [0.25, 0.3) is 5.91 Å². The smallest absolute Gasteiger partial charge is 0.269 e. The Hall–Kier alpha value is -1.33. The van der Waals surface area contributed by atoms with Crippen LogP contribution in [0.3, 0.4) is 0 Å². The first-order valence-electron chi connectivity index (χ1n) is 7.60. The highest BCUT2D eigenvalue weighted by Crippen LogP contribution is 2.29. The van der Waals surface area contributed by atoms with Gasteiger partial charge < -0.3 is 5.32 Å². The summed E-state index contributed by atoms with van der Waals surface area (Å²) in [5, 5.41) is 4.35. The maximum atomic E-state index is 12.0. The normalized spacial score (nSPS) is 24.4. The van der Waals surface area contributed by atoms with Gasteiger partial charge in [-0.25, -0.2) is 0 Å². The van der Waals surface area contributed by atoms with Crippen molar-refractivity contribution in [2.45, 2.75) is 39.2 Å². The van der Waals surface area contributed by atoms with Crippen molar-refractivity contribution < 1.29 is 4.79 Å². The number of thiocarbonyl (C=S) groups is 1. The van der Waals surface area contributed by atoms with Crippen LogP contribution in [0.4, 0.5) is 0 Å². The highest BCUT2D eigenvalue weighted by atomic mass is 35.5. The highest BCUT2D eigenvalue weighted by Gasteiger charge is 2.27. The summed E-state index contributed by atoms with van der Waals surface area (Å²) in [7, 11) is 0. The minimum Gasteiger partial charge on any atom is -0.358 e. The van der Waals surface area contributed by atoms with Gasteiger partial charge in [0.2, 0.25) is 0 Å². The Morgan fingerprint density at radius 1 is 1.18 bits per heavy atom. The lowest BCUT2D eigenvalue weighted by atomic mass is 9.78. The summed E-state index contributed by atoms with van der Waals surface area (Å²) < 4.78 is 0. The number of carbonyl (C=O) groups is 1. The molecular formula is C16H22ClN3OS. The number of carbonyl (C=O) groups excluding carboxylic acids is 1. The Bertz CT molecular complexity index is 535. The van der Waals surface area contributed by atoms with Crippen LogP contribution in [0.1, 0.15) is 43.5 Å². The SMILES string of the molecule is C[C@@H]1[C@H](C)CCC[C@H]1NC(=S)NNC(=O)c1ccc(Cl)cc1. The Labute approximate surface area is 142 Å². The van der Waals surface area contributed by atoms with E-state index < -0.39 is 0 Å². The van der Waals surface area contributed by atoms with Crippen LogP contribution >= 0.6 is 23.8 Å². The molecule has 1 aromatic carbocycles. The monoisotopic (exact) mass is 339 g/mol. The molecular weight excluding hydrogens is 318 g/mol. The van der Waals surface area contributed by atoms with Gasteiger partial charge in [-0.05, 0) is 54.7 Å². The van der Waals surface area contributed by atoms with Gasteiger partial charge in [0.1, 0.15) is 0 Å². The van der Waals surface area contributed by atoms with Crippen LogP contribution in [0.2, 0.25) is 5.02 Å². The summed E-state index contributed by atoms with van der Waals surface area (Å²) >= 11 is 11.1. The first-order chi connectivity index (χ1) is 10.5. The lowest BCUT2D eigenvalue weighted by Gasteiger charge is -2.35. The Morgan fingerprint density at radius 2 is 1.86 bits per heavy atom. The van der Waals surface area contributed by atoms with Crippen LogP contribution in [0.25, 0.3) is 0 Å². The molecule has 0 saturated heterocycles. The second-order valence-corrected chi connectivity index (χ2v) is 6.78. The van der Waals surface area contributed by atoms with Crippen LogP contribution in [-0.4, -0.2) is 17.1 Å². The molecule has 3 N–H and O–H groups in total. The average Bonchev–Trinajstić information content (AvgIpc) is 2.50. The van der Waals surface area contributed by atoms with Gasteiger partial charge in [-0.3, -0.25) is 15.6 Å². The molecule has 0 bridgehead atoms. The predicted octanol–water partition coefficient (Wildman–Crippen LogP) is 3.27. The minimum atomic E-state index is -0.245. The maximum absolute atomic E-state index is 12.0. The van der Waals surface area contributed by atoms with Crippen molar-refractivity contribution in [1.82, 2.24) is 16.2 Å². The number of hydrogen-bond acceptors (Lipinski definition) is 2. The number of amides is 1. The van der Waals surface area contributed by atoms with Gasteiger partial charge in [-0.15, -0.1) is 0 Å². The molecule has 0 spiro atoms. The van der Waals surface area contributed by atoms with Crippen LogP contribution in [0.5, 0.6) is 0 Å². The summed E-state index contributed by atoms with van der Waals surface area (Å²) in [6, 6.07) is 7.05. The van der Waals surface area contributed by atoms with Gasteiger partial charge >= 0.3 is 0 Å². The number of benzene rings is 1. The van der Waals surface area contributed by atoms with E-state index in [1.54, 1.807) is 24.3 Å². The van der Waals surface area contributed by atoms with Crippen LogP contribution < -0.4 is 16.2 Å². The van der Waals surface area contributed by atoms with E-state index in [2.05, 4.69) is 30.0 Å². The third-order valence-electron chi connectivity index (χ3n) is 4.42. The van der Waals surface area contributed by atoms with E-state index in [0.29, 0.717) is 33.6 Å². The summed E-state index contributed by atoms with van der Waals surface area (Å²) in [6.45, 7) is 4.52. The molecule has 120 valence electrons. The van der Waals surface area contributed by atoms with Crippen molar-refractivity contribution >= 4 is 34.8 Å². The van der Waals surface area contributed by atoms with E-state index in [4.69, 9.17) is 23.8 Å². The summed E-state index contributed by atoms with van der Waals surface area (Å²) in [5.74, 6) is 1.02. The number of halogens is 1. The maximum Gasteiger partial charge on any atom is 0.269 e. The lowest BCUT2D eigenvalue weighted by molar-refractivity contribution is 0.0943. The van der Waals surface area contributed by atoms with Crippen LogP contribution in [-0.2, 0) is 0 Å². The summed E-state index contributed by atoms with van der Waals surface area (Å²) in [6.07, 6.45) is 3.59. The third kappa shape index (κ3) is 4.58. The van der Waals surface area contributed by atoms with Crippen molar-refractivity contribution in [2.24, 2.45) is 11.8 Å². The standard InChI is InChI=1S/C16H22ClN3OS/c1-10-4-3-5-14(11(10)2)18-16(22)20-19-15(21)12-6-8-13(17)9-7-12/h6-11,14H,3-5H2,1-2H3,(H,19,21)(H2,18,20,22)/t10-,11-,14-/m1/s1. The molecule has 1 amide bonds. The predicted molar refractivity (Wildman–Crippen MR) is 93.8 cm³/mol. The van der Waals surface area contributed by atoms with Crippen LogP contribution in [0, 0.1) is 11.8 Å². The van der Waals surface area contributed by atoms with Crippen molar-refractivity contribution in [1.29, 1.82) is 0 Å². The number of nitrogens with one attached hydrogen (secondary N) is 3. The Morgan fingerprint density at radius 3 is 2.55 bits per heavy atom. The van der Waals surface area contributed by atoms with E-state index >= 15 is 0 Å². The quantitative estimate of drug-likeness (QED) is 0.572. The van der Waals surface area contributed by atoms with E-state index in [-0.39, 0.29) is 5.91 Å². The Kier molecular flexibility index (Phi) is 6.03. The largest absolute Gasteiger partial charge is 0.358 e. The van der Waals surface area contributed by atoms with Crippen molar-refractivity contribution in [3.8, 4) is 0 Å². The third-order valence-corrected chi connectivity index (χ3v) is 4.89. The molecule has 1 fully saturated rings. The average molecular weight is 340 g/mol. The minimum absolute atomic E-state index is 0.245. The molecule has 6 heteroatoms. The summed E-state index contributed by atoms with van der Waals surface area (Å²) in [4.78, 5) is 12.0. The molecule has 1 aromatic rings. The molecule has 22 heavy (non-hydrogen) atoms.